The van der Waals surface area contributed by atoms with Gasteiger partial charge in [-0.05, 0) is 34.1 Å². The number of halogens is 2. The normalized spacial score (nSPS) is 10.2. The first-order valence-electron chi connectivity index (χ1n) is 5.94. The molecule has 0 heterocycles. The molecule has 21 heavy (non-hydrogen) atoms. The summed E-state index contributed by atoms with van der Waals surface area (Å²) in [5, 5.41) is 13.6. The van der Waals surface area contributed by atoms with Gasteiger partial charge in [-0.2, -0.15) is 0 Å². The largest absolute Gasteiger partial charge is 0.348 e. The molecule has 0 fully saturated rings. The Morgan fingerprint density at radius 1 is 1.19 bits per heavy atom. The lowest BCUT2D eigenvalue weighted by Gasteiger charge is -2.08. The maximum atomic E-state index is 12.1. The highest BCUT2D eigenvalue weighted by Crippen LogP contribution is 2.22. The van der Waals surface area contributed by atoms with Gasteiger partial charge in [0, 0.05) is 27.1 Å². The van der Waals surface area contributed by atoms with E-state index in [9.17, 15) is 14.9 Å². The Hall–Kier alpha value is -1.73. The van der Waals surface area contributed by atoms with Crippen LogP contribution in [0.15, 0.2) is 51.4 Å². The van der Waals surface area contributed by atoms with Crippen LogP contribution in [0.1, 0.15) is 15.9 Å². The third kappa shape index (κ3) is 3.89. The molecule has 0 atom stereocenters. The zero-order valence-corrected chi connectivity index (χ0v) is 13.8. The van der Waals surface area contributed by atoms with Gasteiger partial charge in [-0.25, -0.2) is 0 Å². The van der Waals surface area contributed by atoms with Crippen molar-refractivity contribution in [1.29, 1.82) is 0 Å². The average Bonchev–Trinajstić information content (AvgIpc) is 2.47. The van der Waals surface area contributed by atoms with E-state index in [0.717, 1.165) is 4.47 Å². The Kier molecular flexibility index (Phi) is 5.08. The van der Waals surface area contributed by atoms with Crippen molar-refractivity contribution in [2.45, 2.75) is 6.54 Å². The number of nitrogens with zero attached hydrogens (tertiary/aromatic N) is 1. The number of nitro groups is 1. The number of amides is 1. The van der Waals surface area contributed by atoms with Crippen LogP contribution >= 0.6 is 31.9 Å². The summed E-state index contributed by atoms with van der Waals surface area (Å²) in [6.07, 6.45) is 0. The van der Waals surface area contributed by atoms with Crippen LogP contribution in [0.3, 0.4) is 0 Å². The number of hydrogen-bond donors (Lipinski definition) is 1. The zero-order chi connectivity index (χ0) is 15.4. The summed E-state index contributed by atoms with van der Waals surface area (Å²) in [5.41, 5.74) is 0.913. The van der Waals surface area contributed by atoms with Gasteiger partial charge in [0.25, 0.3) is 11.6 Å². The number of rotatable bonds is 4. The Bertz CT molecular complexity index is 704. The van der Waals surface area contributed by atoms with Crippen molar-refractivity contribution < 1.29 is 9.72 Å². The molecule has 2 rings (SSSR count). The summed E-state index contributed by atoms with van der Waals surface area (Å²) in [6.45, 7) is 0.0922. The van der Waals surface area contributed by atoms with E-state index in [4.69, 9.17) is 0 Å². The van der Waals surface area contributed by atoms with Gasteiger partial charge in [0.2, 0.25) is 0 Å². The molecule has 5 nitrogen and oxygen atoms in total. The van der Waals surface area contributed by atoms with Gasteiger partial charge in [0.05, 0.1) is 10.5 Å². The van der Waals surface area contributed by atoms with E-state index in [2.05, 4.69) is 37.2 Å². The third-order valence-electron chi connectivity index (χ3n) is 2.80. The maximum absolute atomic E-state index is 12.1. The predicted molar refractivity (Wildman–Crippen MR) is 86.1 cm³/mol. The number of nitrogens with one attached hydrogen (secondary N) is 1. The van der Waals surface area contributed by atoms with E-state index >= 15 is 0 Å². The maximum Gasteiger partial charge on any atom is 0.274 e. The lowest BCUT2D eigenvalue weighted by atomic mass is 10.1. The Morgan fingerprint density at radius 3 is 2.62 bits per heavy atom. The summed E-state index contributed by atoms with van der Waals surface area (Å²) in [7, 11) is 0. The van der Waals surface area contributed by atoms with Crippen LogP contribution in [-0.2, 0) is 6.54 Å². The Labute approximate surface area is 137 Å². The molecule has 7 heteroatoms. The first-order chi connectivity index (χ1) is 9.99. The molecule has 108 valence electrons. The number of nitro benzene ring substituents is 1. The predicted octanol–water partition coefficient (Wildman–Crippen LogP) is 4.05. The molecule has 0 aromatic heterocycles. The van der Waals surface area contributed by atoms with Crippen LogP contribution in [0.5, 0.6) is 0 Å². The molecule has 0 spiro atoms. The van der Waals surface area contributed by atoms with Crippen molar-refractivity contribution >= 4 is 43.5 Å². The highest BCUT2D eigenvalue weighted by Gasteiger charge is 2.15. The molecule has 0 bridgehead atoms. The molecular formula is C14H10Br2N2O3. The summed E-state index contributed by atoms with van der Waals surface area (Å²) in [5.74, 6) is -0.304. The minimum atomic E-state index is -0.462. The molecule has 0 unspecified atom stereocenters. The highest BCUT2D eigenvalue weighted by molar-refractivity contribution is 9.11. The second kappa shape index (κ2) is 6.82. The first kappa shape index (κ1) is 15.7. The van der Waals surface area contributed by atoms with Crippen LogP contribution in [0, 0.1) is 10.1 Å². The quantitative estimate of drug-likeness (QED) is 0.607. The highest BCUT2D eigenvalue weighted by atomic mass is 79.9. The molecule has 0 aliphatic carbocycles. The number of para-hydroxylation sites is 1. The summed E-state index contributed by atoms with van der Waals surface area (Å²) >= 11 is 6.61. The topological polar surface area (TPSA) is 72.2 Å². The van der Waals surface area contributed by atoms with Crippen LogP contribution < -0.4 is 5.32 Å². The van der Waals surface area contributed by atoms with Gasteiger partial charge in [-0.3, -0.25) is 14.9 Å². The molecular weight excluding hydrogens is 404 g/mol. The van der Waals surface area contributed by atoms with Crippen molar-refractivity contribution in [3.8, 4) is 0 Å². The average molecular weight is 414 g/mol. The molecule has 0 radical (unpaired) electrons. The molecule has 0 aliphatic heterocycles. The number of hydrogen-bond acceptors (Lipinski definition) is 3. The Morgan fingerprint density at radius 2 is 1.90 bits per heavy atom. The second-order valence-corrected chi connectivity index (χ2v) is 5.96. The van der Waals surface area contributed by atoms with E-state index in [1.54, 1.807) is 30.3 Å². The van der Waals surface area contributed by atoms with E-state index in [0.29, 0.717) is 15.6 Å². The number of carbonyl (C=O) groups excluding carboxylic acids is 1. The Balaban J connectivity index is 2.15. The van der Waals surface area contributed by atoms with Gasteiger partial charge in [0.1, 0.15) is 0 Å². The van der Waals surface area contributed by atoms with E-state index in [1.807, 2.05) is 6.07 Å². The van der Waals surface area contributed by atoms with Crippen molar-refractivity contribution in [1.82, 2.24) is 5.32 Å². The van der Waals surface area contributed by atoms with Crippen molar-refractivity contribution in [2.75, 3.05) is 0 Å². The minimum absolute atomic E-state index is 0.00823. The van der Waals surface area contributed by atoms with Crippen LogP contribution in [0.2, 0.25) is 0 Å². The van der Waals surface area contributed by atoms with Crippen LogP contribution in [-0.4, -0.2) is 10.8 Å². The van der Waals surface area contributed by atoms with Crippen LogP contribution in [0.25, 0.3) is 0 Å². The molecule has 1 amide bonds. The standard InChI is InChI=1S/C14H10Br2N2O3/c15-10-5-6-12(16)11(7-10)14(19)17-8-9-3-1-2-4-13(9)18(20)21/h1-7H,8H2,(H,17,19). The van der Waals surface area contributed by atoms with Crippen molar-refractivity contribution in [3.05, 3.63) is 72.7 Å². The first-order valence-corrected chi connectivity index (χ1v) is 7.53. The van der Waals surface area contributed by atoms with Gasteiger partial charge in [-0.1, -0.05) is 34.1 Å². The zero-order valence-electron chi connectivity index (χ0n) is 10.7. The molecule has 0 saturated heterocycles. The van der Waals surface area contributed by atoms with E-state index in [-0.39, 0.29) is 18.1 Å². The van der Waals surface area contributed by atoms with Gasteiger partial charge in [-0.15, -0.1) is 0 Å². The SMILES string of the molecule is O=C(NCc1ccccc1[N+](=O)[O-])c1cc(Br)ccc1Br. The molecule has 2 aromatic carbocycles. The monoisotopic (exact) mass is 412 g/mol. The summed E-state index contributed by atoms with van der Waals surface area (Å²) in [4.78, 5) is 22.6. The second-order valence-electron chi connectivity index (χ2n) is 4.19. The minimum Gasteiger partial charge on any atom is -0.348 e. The number of benzene rings is 2. The lowest BCUT2D eigenvalue weighted by molar-refractivity contribution is -0.385. The van der Waals surface area contributed by atoms with Gasteiger partial charge >= 0.3 is 0 Å². The number of carbonyl (C=O) groups is 1. The van der Waals surface area contributed by atoms with Gasteiger partial charge in [0.15, 0.2) is 0 Å². The fourth-order valence-electron chi connectivity index (χ4n) is 1.78. The third-order valence-corrected chi connectivity index (χ3v) is 3.99. The summed E-state index contributed by atoms with van der Waals surface area (Å²) in [6, 6.07) is 11.6. The van der Waals surface area contributed by atoms with Crippen molar-refractivity contribution in [3.63, 3.8) is 0 Å². The molecule has 0 saturated carbocycles. The van der Waals surface area contributed by atoms with E-state index < -0.39 is 4.92 Å². The summed E-state index contributed by atoms with van der Waals surface area (Å²) < 4.78 is 1.44. The molecule has 2 aromatic rings. The molecule has 0 aliphatic rings. The fourth-order valence-corrected chi connectivity index (χ4v) is 2.57. The van der Waals surface area contributed by atoms with E-state index in [1.165, 1.54) is 6.07 Å². The smallest absolute Gasteiger partial charge is 0.274 e. The van der Waals surface area contributed by atoms with Crippen molar-refractivity contribution in [2.24, 2.45) is 0 Å². The molecule has 1 N–H and O–H groups in total. The lowest BCUT2D eigenvalue weighted by Crippen LogP contribution is -2.23. The van der Waals surface area contributed by atoms with Gasteiger partial charge < -0.3 is 5.32 Å². The van der Waals surface area contributed by atoms with Crippen LogP contribution in [0.4, 0.5) is 5.69 Å². The fraction of sp³-hybridized carbons (Fsp3) is 0.0714.